The Bertz CT molecular complexity index is 1200. The largest absolute Gasteiger partial charge is 0.462 e. The van der Waals surface area contributed by atoms with E-state index in [2.05, 4.69) is 62.5 Å². The number of carbonyl (C=O) groups excluding carboxylic acids is 2. The fourth-order valence-electron chi connectivity index (χ4n) is 7.97. The molecule has 1 aliphatic rings. The molecular weight excluding hydrogens is 821 g/mol. The van der Waals surface area contributed by atoms with Gasteiger partial charge in [-0.15, -0.1) is 0 Å². The Kier molecular flexibility index (Phi) is 42.4. The first-order chi connectivity index (χ1) is 31.8. The van der Waals surface area contributed by atoms with Crippen LogP contribution in [0.3, 0.4) is 0 Å². The summed E-state index contributed by atoms with van der Waals surface area (Å²) in [4.78, 5) is 25.4. The number of allylic oxidation sites excluding steroid dienone is 8. The highest BCUT2D eigenvalue weighted by atomic mass is 16.7. The Morgan fingerprint density at radius 2 is 0.877 bits per heavy atom. The zero-order chi connectivity index (χ0) is 47.3. The molecule has 0 aromatic heterocycles. The maximum atomic E-state index is 12.8. The van der Waals surface area contributed by atoms with E-state index in [9.17, 15) is 30.0 Å². The van der Waals surface area contributed by atoms with Crippen molar-refractivity contribution in [3.63, 3.8) is 0 Å². The minimum Gasteiger partial charge on any atom is -0.462 e. The van der Waals surface area contributed by atoms with Crippen molar-refractivity contribution < 1.29 is 49.0 Å². The summed E-state index contributed by atoms with van der Waals surface area (Å²) < 4.78 is 22.2. The van der Waals surface area contributed by atoms with Crippen LogP contribution in [0.25, 0.3) is 0 Å². The molecule has 10 nitrogen and oxygen atoms in total. The van der Waals surface area contributed by atoms with Gasteiger partial charge < -0.3 is 39.4 Å². The number of rotatable bonds is 45. The molecule has 1 saturated heterocycles. The first kappa shape index (κ1) is 60.7. The molecule has 4 N–H and O–H groups in total. The van der Waals surface area contributed by atoms with E-state index in [4.69, 9.17) is 18.9 Å². The Balaban J connectivity index is 2.27. The van der Waals surface area contributed by atoms with Gasteiger partial charge in [0.25, 0.3) is 0 Å². The smallest absolute Gasteiger partial charge is 0.306 e. The number of aliphatic hydroxyl groups is 4. The summed E-state index contributed by atoms with van der Waals surface area (Å²) in [5, 5.41) is 40.2. The van der Waals surface area contributed by atoms with Gasteiger partial charge in [-0.3, -0.25) is 9.59 Å². The van der Waals surface area contributed by atoms with Gasteiger partial charge in [-0.1, -0.05) is 197 Å². The van der Waals surface area contributed by atoms with Gasteiger partial charge in [0.05, 0.1) is 13.2 Å². The zero-order valence-electron chi connectivity index (χ0n) is 41.5. The van der Waals surface area contributed by atoms with E-state index in [1.54, 1.807) is 0 Å². The molecular formula is C55H98O10. The van der Waals surface area contributed by atoms with Crippen LogP contribution < -0.4 is 0 Å². The highest BCUT2D eigenvalue weighted by Crippen LogP contribution is 2.23. The number of esters is 2. The van der Waals surface area contributed by atoms with Crippen molar-refractivity contribution in [1.82, 2.24) is 0 Å². The Morgan fingerprint density at radius 3 is 1.38 bits per heavy atom. The van der Waals surface area contributed by atoms with Crippen molar-refractivity contribution in [3.8, 4) is 0 Å². The standard InChI is InChI=1S/C55H98O10/c1-3-5-7-9-11-13-15-17-19-21-22-23-24-25-26-28-30-32-34-36-38-40-42-44-51(58)64-48(47-63-55-54(61)53(60)52(59)49(45-56)65-55)46-62-50(57)43-41-39-37-35-33-31-29-27-20-18-16-14-12-10-8-6-4-2/h12,14,18,20,29,31,36,38,48-49,52-56,59-61H,3-11,13,15-17,19,21-28,30,32-35,37,39-47H2,1-2H3/b14-12+,20-18+,31-29+,38-36+/t48-,49-,52+,53?,54?,55-/m1/s1. The highest BCUT2D eigenvalue weighted by Gasteiger charge is 2.44. The van der Waals surface area contributed by atoms with E-state index in [0.717, 1.165) is 51.4 Å². The molecule has 0 spiro atoms. The topological polar surface area (TPSA) is 152 Å². The van der Waals surface area contributed by atoms with Gasteiger partial charge in [-0.25, -0.2) is 0 Å². The van der Waals surface area contributed by atoms with Gasteiger partial charge in [0.1, 0.15) is 31.0 Å². The summed E-state index contributed by atoms with van der Waals surface area (Å²) in [7, 11) is 0. The van der Waals surface area contributed by atoms with Gasteiger partial charge in [0.15, 0.2) is 12.4 Å². The van der Waals surface area contributed by atoms with E-state index in [1.165, 1.54) is 141 Å². The lowest BCUT2D eigenvalue weighted by atomic mass is 9.99. The molecule has 10 heteroatoms. The number of ether oxygens (including phenoxy) is 4. The van der Waals surface area contributed by atoms with Gasteiger partial charge in [0, 0.05) is 12.8 Å². The molecule has 0 amide bonds. The molecule has 1 fully saturated rings. The van der Waals surface area contributed by atoms with Crippen LogP contribution in [0.15, 0.2) is 48.6 Å². The minimum atomic E-state index is -1.60. The van der Waals surface area contributed by atoms with E-state index in [-0.39, 0.29) is 26.1 Å². The van der Waals surface area contributed by atoms with Gasteiger partial charge in [-0.05, 0) is 70.6 Å². The molecule has 378 valence electrons. The second kappa shape index (κ2) is 45.4. The Morgan fingerprint density at radius 1 is 0.477 bits per heavy atom. The third-order valence-corrected chi connectivity index (χ3v) is 12.2. The lowest BCUT2D eigenvalue weighted by Crippen LogP contribution is -2.59. The average molecular weight is 919 g/mol. The third kappa shape index (κ3) is 36.4. The molecule has 0 saturated carbocycles. The first-order valence-electron chi connectivity index (χ1n) is 26.7. The number of aliphatic hydroxyl groups excluding tert-OH is 4. The summed E-state index contributed by atoms with van der Waals surface area (Å²) >= 11 is 0. The van der Waals surface area contributed by atoms with Crippen LogP contribution in [0, 0.1) is 0 Å². The van der Waals surface area contributed by atoms with Gasteiger partial charge in [-0.2, -0.15) is 0 Å². The Labute approximate surface area is 397 Å². The van der Waals surface area contributed by atoms with E-state index >= 15 is 0 Å². The van der Waals surface area contributed by atoms with Gasteiger partial charge >= 0.3 is 11.9 Å². The summed E-state index contributed by atoms with van der Waals surface area (Å²) in [6.07, 6.45) is 48.5. The molecule has 65 heavy (non-hydrogen) atoms. The van der Waals surface area contributed by atoms with Crippen molar-refractivity contribution in [2.24, 2.45) is 0 Å². The zero-order valence-corrected chi connectivity index (χ0v) is 41.5. The maximum absolute atomic E-state index is 12.8. The molecule has 1 aliphatic heterocycles. The fraction of sp³-hybridized carbons (Fsp3) is 0.818. The molecule has 1 rings (SSSR count). The lowest BCUT2D eigenvalue weighted by molar-refractivity contribution is -0.305. The number of unbranched alkanes of at least 4 members (excludes halogenated alkanes) is 26. The van der Waals surface area contributed by atoms with Crippen LogP contribution in [0.2, 0.25) is 0 Å². The summed E-state index contributed by atoms with van der Waals surface area (Å²) in [6, 6.07) is 0. The minimum absolute atomic E-state index is 0.177. The predicted molar refractivity (Wildman–Crippen MR) is 265 cm³/mol. The summed E-state index contributed by atoms with van der Waals surface area (Å²) in [6.45, 7) is 3.38. The summed E-state index contributed by atoms with van der Waals surface area (Å²) in [5.74, 6) is -0.864. The molecule has 0 aliphatic carbocycles. The lowest BCUT2D eigenvalue weighted by Gasteiger charge is -2.39. The van der Waals surface area contributed by atoms with Crippen molar-refractivity contribution in [2.45, 2.75) is 269 Å². The number of carbonyl (C=O) groups is 2. The van der Waals surface area contributed by atoms with Crippen LogP contribution in [-0.2, 0) is 28.5 Å². The Hall–Kier alpha value is -2.34. The van der Waals surface area contributed by atoms with Gasteiger partial charge in [0.2, 0.25) is 0 Å². The monoisotopic (exact) mass is 919 g/mol. The molecule has 0 aromatic rings. The normalized spacial score (nSPS) is 19.6. The third-order valence-electron chi connectivity index (χ3n) is 12.2. The first-order valence-corrected chi connectivity index (χ1v) is 26.7. The SMILES string of the molecule is CCCCC/C=C/C/C=C/C/C=C/CCCCCCC(=O)OC[C@H](CO[C@@H]1O[C@H](CO)[C@H](O)C(O)C1O)OC(=O)CCC/C=C/CCCCCCCCCCCCCCCCCCCC. The second-order valence-electron chi connectivity index (χ2n) is 18.3. The molecule has 2 unspecified atom stereocenters. The van der Waals surface area contributed by atoms with Crippen molar-refractivity contribution in [3.05, 3.63) is 48.6 Å². The average Bonchev–Trinajstić information content (AvgIpc) is 3.30. The molecule has 6 atom stereocenters. The highest BCUT2D eigenvalue weighted by molar-refractivity contribution is 5.70. The van der Waals surface area contributed by atoms with Crippen LogP contribution in [0.4, 0.5) is 0 Å². The molecule has 1 heterocycles. The van der Waals surface area contributed by atoms with Crippen molar-refractivity contribution in [2.75, 3.05) is 19.8 Å². The van der Waals surface area contributed by atoms with E-state index in [0.29, 0.717) is 12.8 Å². The molecule has 0 aromatic carbocycles. The number of hydrogen-bond donors (Lipinski definition) is 4. The molecule has 0 bridgehead atoms. The number of hydrogen-bond acceptors (Lipinski definition) is 10. The molecule has 0 radical (unpaired) electrons. The van der Waals surface area contributed by atoms with Crippen LogP contribution in [0.1, 0.15) is 232 Å². The maximum Gasteiger partial charge on any atom is 0.306 e. The van der Waals surface area contributed by atoms with E-state index < -0.39 is 55.4 Å². The fourth-order valence-corrected chi connectivity index (χ4v) is 7.97. The second-order valence-corrected chi connectivity index (χ2v) is 18.3. The van der Waals surface area contributed by atoms with Crippen LogP contribution >= 0.6 is 0 Å². The predicted octanol–water partition coefficient (Wildman–Crippen LogP) is 12.8. The van der Waals surface area contributed by atoms with Crippen LogP contribution in [-0.4, -0.2) is 89.0 Å². The van der Waals surface area contributed by atoms with E-state index in [1.807, 2.05) is 0 Å². The van der Waals surface area contributed by atoms with Crippen molar-refractivity contribution >= 4 is 11.9 Å². The quantitative estimate of drug-likeness (QED) is 0.0264. The summed E-state index contributed by atoms with van der Waals surface area (Å²) in [5.41, 5.74) is 0. The van der Waals surface area contributed by atoms with Crippen LogP contribution in [0.5, 0.6) is 0 Å². The van der Waals surface area contributed by atoms with Crippen molar-refractivity contribution in [1.29, 1.82) is 0 Å².